The van der Waals surface area contributed by atoms with Crippen molar-refractivity contribution in [3.63, 3.8) is 0 Å². The minimum atomic E-state index is -4.40. The van der Waals surface area contributed by atoms with E-state index >= 15 is 0 Å². The van der Waals surface area contributed by atoms with Crippen molar-refractivity contribution in [3.8, 4) is 0 Å². The number of anilines is 2. The van der Waals surface area contributed by atoms with Gasteiger partial charge in [-0.2, -0.15) is 13.2 Å². The molecule has 3 nitrogen and oxygen atoms in total. The first-order valence-corrected chi connectivity index (χ1v) is 9.80. The van der Waals surface area contributed by atoms with Crippen molar-refractivity contribution in [2.75, 3.05) is 16.8 Å². The number of amides is 1. The van der Waals surface area contributed by atoms with Crippen LogP contribution in [0, 0.1) is 0 Å². The van der Waals surface area contributed by atoms with Gasteiger partial charge in [-0.05, 0) is 66.4 Å². The van der Waals surface area contributed by atoms with Gasteiger partial charge in [-0.15, -0.1) is 0 Å². The molecule has 0 bridgehead atoms. The molecule has 0 unspecified atom stereocenters. The number of carbonyl (C=O) groups excluding carboxylic acids is 1. The Morgan fingerprint density at radius 1 is 0.933 bits per heavy atom. The number of hydrogen-bond donors (Lipinski definition) is 1. The zero-order chi connectivity index (χ0) is 21.1. The van der Waals surface area contributed by atoms with Crippen LogP contribution in [0.3, 0.4) is 0 Å². The molecule has 1 N–H and O–H groups in total. The molecule has 0 aromatic heterocycles. The number of halogens is 3. The number of aryl methyl sites for hydroxylation is 1. The lowest BCUT2D eigenvalue weighted by Gasteiger charge is -2.31. The fraction of sp³-hybridized carbons (Fsp3) is 0.208. The predicted octanol–water partition coefficient (Wildman–Crippen LogP) is 5.91. The predicted molar refractivity (Wildman–Crippen MR) is 112 cm³/mol. The van der Waals surface area contributed by atoms with Gasteiger partial charge in [0, 0.05) is 30.0 Å². The maximum atomic E-state index is 12.6. The van der Waals surface area contributed by atoms with Gasteiger partial charge in [0.25, 0.3) is 5.91 Å². The van der Waals surface area contributed by atoms with E-state index in [1.165, 1.54) is 23.4 Å². The van der Waals surface area contributed by atoms with E-state index in [0.717, 1.165) is 43.6 Å². The number of fused-ring (bicyclic) bond motifs is 1. The Balaban J connectivity index is 1.41. The molecule has 0 saturated carbocycles. The molecular weight excluding hydrogens is 389 g/mol. The second kappa shape index (κ2) is 8.22. The number of nitrogens with zero attached hydrogens (tertiary/aromatic N) is 1. The molecule has 0 fully saturated rings. The molecule has 1 heterocycles. The molecule has 6 heteroatoms. The van der Waals surface area contributed by atoms with E-state index in [1.54, 1.807) is 12.1 Å². The van der Waals surface area contributed by atoms with E-state index in [-0.39, 0.29) is 5.91 Å². The average molecular weight is 410 g/mol. The van der Waals surface area contributed by atoms with E-state index in [1.807, 2.05) is 18.2 Å². The normalized spacial score (nSPS) is 13.6. The highest BCUT2D eigenvalue weighted by molar-refractivity contribution is 6.04. The third-order valence-corrected chi connectivity index (χ3v) is 5.27. The van der Waals surface area contributed by atoms with Crippen LogP contribution in [0.5, 0.6) is 0 Å². The monoisotopic (exact) mass is 410 g/mol. The van der Waals surface area contributed by atoms with Crippen molar-refractivity contribution in [3.05, 3.63) is 95.1 Å². The summed E-state index contributed by atoms with van der Waals surface area (Å²) in [5, 5.41) is 2.63. The van der Waals surface area contributed by atoms with Crippen LogP contribution < -0.4 is 10.2 Å². The van der Waals surface area contributed by atoms with Crippen LogP contribution in [0.25, 0.3) is 0 Å². The lowest BCUT2D eigenvalue weighted by molar-refractivity contribution is -0.137. The van der Waals surface area contributed by atoms with Gasteiger partial charge < -0.3 is 10.2 Å². The third kappa shape index (κ3) is 4.48. The van der Waals surface area contributed by atoms with Gasteiger partial charge in [-0.1, -0.05) is 30.3 Å². The molecule has 0 radical (unpaired) electrons. The number of rotatable bonds is 4. The molecule has 3 aromatic carbocycles. The first-order chi connectivity index (χ1) is 14.4. The molecule has 0 aliphatic carbocycles. The van der Waals surface area contributed by atoms with Crippen LogP contribution in [-0.4, -0.2) is 12.5 Å². The summed E-state index contributed by atoms with van der Waals surface area (Å²) in [6.07, 6.45) is -2.19. The highest BCUT2D eigenvalue weighted by Gasteiger charge is 2.30. The highest BCUT2D eigenvalue weighted by atomic mass is 19.4. The molecule has 1 aliphatic heterocycles. The Bertz CT molecular complexity index is 1030. The zero-order valence-corrected chi connectivity index (χ0v) is 16.2. The molecular formula is C24H21F3N2O. The molecule has 1 aliphatic rings. The second-order valence-corrected chi connectivity index (χ2v) is 7.38. The Labute approximate surface area is 173 Å². The molecule has 3 aromatic rings. The molecule has 0 saturated heterocycles. The Morgan fingerprint density at radius 3 is 2.33 bits per heavy atom. The van der Waals surface area contributed by atoms with E-state index in [0.29, 0.717) is 11.3 Å². The summed E-state index contributed by atoms with van der Waals surface area (Å²) in [5.41, 5.74) is 3.74. The molecule has 1 amide bonds. The zero-order valence-electron chi connectivity index (χ0n) is 16.2. The minimum absolute atomic E-state index is 0.321. The summed E-state index contributed by atoms with van der Waals surface area (Å²) < 4.78 is 37.9. The maximum Gasteiger partial charge on any atom is 0.416 e. The summed E-state index contributed by atoms with van der Waals surface area (Å²) in [5.74, 6) is -0.357. The van der Waals surface area contributed by atoms with Gasteiger partial charge >= 0.3 is 6.18 Å². The summed E-state index contributed by atoms with van der Waals surface area (Å²) >= 11 is 0. The van der Waals surface area contributed by atoms with Crippen LogP contribution in [0.2, 0.25) is 0 Å². The van der Waals surface area contributed by atoms with Gasteiger partial charge in [-0.25, -0.2) is 0 Å². The van der Waals surface area contributed by atoms with Crippen molar-refractivity contribution in [1.82, 2.24) is 0 Å². The van der Waals surface area contributed by atoms with Crippen molar-refractivity contribution in [2.45, 2.75) is 25.6 Å². The standard InChI is InChI=1S/C24H21F3N2O/c25-24(26,27)20-11-13-21(14-12-20)28-23(30)19-9-7-17(8-10-19)16-29-15-3-5-18-4-1-2-6-22(18)29/h1-2,4,6-14H,3,5,15-16H2,(H,28,30). The first kappa shape index (κ1) is 20.0. The smallest absolute Gasteiger partial charge is 0.367 e. The molecule has 30 heavy (non-hydrogen) atoms. The summed E-state index contributed by atoms with van der Waals surface area (Å²) in [6, 6.07) is 20.1. The van der Waals surface area contributed by atoms with Crippen LogP contribution in [0.15, 0.2) is 72.8 Å². The van der Waals surface area contributed by atoms with Crippen LogP contribution >= 0.6 is 0 Å². The molecule has 0 spiro atoms. The minimum Gasteiger partial charge on any atom is -0.367 e. The second-order valence-electron chi connectivity index (χ2n) is 7.38. The summed E-state index contributed by atoms with van der Waals surface area (Å²) in [7, 11) is 0. The van der Waals surface area contributed by atoms with E-state index < -0.39 is 11.7 Å². The Morgan fingerprint density at radius 2 is 1.63 bits per heavy atom. The molecule has 154 valence electrons. The van der Waals surface area contributed by atoms with Gasteiger partial charge in [0.15, 0.2) is 0 Å². The quantitative estimate of drug-likeness (QED) is 0.580. The largest absolute Gasteiger partial charge is 0.416 e. The van der Waals surface area contributed by atoms with Crippen molar-refractivity contribution in [2.24, 2.45) is 0 Å². The van der Waals surface area contributed by atoms with Gasteiger partial charge in [0.2, 0.25) is 0 Å². The summed E-state index contributed by atoms with van der Waals surface area (Å²) in [4.78, 5) is 14.8. The lowest BCUT2D eigenvalue weighted by atomic mass is 10.0. The SMILES string of the molecule is O=C(Nc1ccc(C(F)(F)F)cc1)c1ccc(CN2CCCc3ccccc32)cc1. The Hall–Kier alpha value is -3.28. The number of hydrogen-bond acceptors (Lipinski definition) is 2. The van der Waals surface area contributed by atoms with Gasteiger partial charge in [-0.3, -0.25) is 4.79 Å². The highest BCUT2D eigenvalue weighted by Crippen LogP contribution is 2.30. The van der Waals surface area contributed by atoms with Gasteiger partial charge in [0.1, 0.15) is 0 Å². The number of alkyl halides is 3. The van der Waals surface area contributed by atoms with Crippen molar-refractivity contribution < 1.29 is 18.0 Å². The van der Waals surface area contributed by atoms with E-state index in [2.05, 4.69) is 28.4 Å². The maximum absolute atomic E-state index is 12.6. The van der Waals surface area contributed by atoms with Crippen molar-refractivity contribution in [1.29, 1.82) is 0 Å². The number of para-hydroxylation sites is 1. The van der Waals surface area contributed by atoms with Crippen LogP contribution in [0.4, 0.5) is 24.5 Å². The fourth-order valence-corrected chi connectivity index (χ4v) is 3.70. The van der Waals surface area contributed by atoms with Crippen LogP contribution in [-0.2, 0) is 19.1 Å². The molecule has 0 atom stereocenters. The first-order valence-electron chi connectivity index (χ1n) is 9.80. The van der Waals surface area contributed by atoms with Crippen molar-refractivity contribution >= 4 is 17.3 Å². The third-order valence-electron chi connectivity index (χ3n) is 5.27. The number of carbonyl (C=O) groups is 1. The topological polar surface area (TPSA) is 32.3 Å². The number of nitrogens with one attached hydrogen (secondary N) is 1. The van der Waals surface area contributed by atoms with Gasteiger partial charge in [0.05, 0.1) is 5.56 Å². The van der Waals surface area contributed by atoms with E-state index in [9.17, 15) is 18.0 Å². The van der Waals surface area contributed by atoms with Crippen LogP contribution in [0.1, 0.15) is 33.5 Å². The number of benzene rings is 3. The summed E-state index contributed by atoms with van der Waals surface area (Å²) in [6.45, 7) is 1.75. The lowest BCUT2D eigenvalue weighted by Crippen LogP contribution is -2.28. The fourth-order valence-electron chi connectivity index (χ4n) is 3.70. The Kier molecular flexibility index (Phi) is 5.48. The average Bonchev–Trinajstić information content (AvgIpc) is 2.74. The molecule has 4 rings (SSSR count). The van der Waals surface area contributed by atoms with E-state index in [4.69, 9.17) is 0 Å².